The van der Waals surface area contributed by atoms with Gasteiger partial charge >= 0.3 is 5.97 Å². The van der Waals surface area contributed by atoms with Crippen LogP contribution in [0.3, 0.4) is 0 Å². The van der Waals surface area contributed by atoms with Crippen LogP contribution in [0.5, 0.6) is 28.7 Å². The lowest BCUT2D eigenvalue weighted by Gasteiger charge is -2.46. The van der Waals surface area contributed by atoms with Gasteiger partial charge in [0.15, 0.2) is 23.2 Å². The summed E-state index contributed by atoms with van der Waals surface area (Å²) in [7, 11) is 2.41. The molecule has 23 heteroatoms. The highest BCUT2D eigenvalue weighted by Crippen LogP contribution is 2.47. The molecule has 0 saturated carbocycles. The van der Waals surface area contributed by atoms with E-state index >= 15 is 0 Å². The van der Waals surface area contributed by atoms with Gasteiger partial charge in [0.2, 0.25) is 6.29 Å². The Morgan fingerprint density at radius 1 is 0.646 bits per heavy atom. The van der Waals surface area contributed by atoms with E-state index in [1.54, 1.807) is 0 Å². The van der Waals surface area contributed by atoms with E-state index in [0.29, 0.717) is 5.56 Å². The molecule has 0 unspecified atom stereocenters. The van der Waals surface area contributed by atoms with Crippen LogP contribution >= 0.6 is 0 Å². The molecule has 4 heterocycles. The topological polar surface area (TPSA) is 364 Å². The zero-order valence-electron chi connectivity index (χ0n) is 34.3. The molecule has 23 nitrogen and oxygen atoms in total. The zero-order chi connectivity index (χ0) is 47.0. The lowest BCUT2D eigenvalue weighted by atomic mass is 9.89. The molecule has 7 rings (SSSR count). The van der Waals surface area contributed by atoms with Crippen LogP contribution in [0.25, 0.3) is 22.3 Å². The van der Waals surface area contributed by atoms with Crippen molar-refractivity contribution in [2.75, 3.05) is 34.0 Å². The molecule has 0 amide bonds. The van der Waals surface area contributed by atoms with Gasteiger partial charge in [0.1, 0.15) is 120 Å². The predicted molar refractivity (Wildman–Crippen MR) is 214 cm³/mol. The van der Waals surface area contributed by atoms with Crippen molar-refractivity contribution < 1.29 is 108 Å². The normalized spacial score (nSPS) is 32.8. The first kappa shape index (κ1) is 47.7. The van der Waals surface area contributed by atoms with Gasteiger partial charge in [-0.05, 0) is 42.5 Å². The third kappa shape index (κ3) is 9.30. The van der Waals surface area contributed by atoms with Crippen molar-refractivity contribution >= 4 is 16.9 Å². The van der Waals surface area contributed by atoms with Crippen LogP contribution in [0.4, 0.5) is 0 Å². The second kappa shape index (κ2) is 19.7. The van der Waals surface area contributed by atoms with Crippen LogP contribution in [0.2, 0.25) is 0 Å². The van der Waals surface area contributed by atoms with Gasteiger partial charge in [-0.2, -0.15) is 0 Å². The van der Waals surface area contributed by atoms with Crippen molar-refractivity contribution in [3.05, 3.63) is 75.9 Å². The number of fused-ring (bicyclic) bond motifs is 1. The number of carbonyl (C=O) groups is 1. The number of aliphatic hydroxyl groups is 10. The summed E-state index contributed by atoms with van der Waals surface area (Å²) < 4.78 is 50.7. The molecule has 1 aromatic heterocycles. The monoisotopic (exact) mass is 920 g/mol. The molecule has 3 aromatic carbocycles. The van der Waals surface area contributed by atoms with Gasteiger partial charge in [-0.25, -0.2) is 4.79 Å². The molecule has 3 fully saturated rings. The quantitative estimate of drug-likeness (QED) is 0.0606. The molecule has 3 saturated heterocycles. The molecule has 0 spiro atoms. The first-order valence-corrected chi connectivity index (χ1v) is 20.0. The molecule has 3 aliphatic heterocycles. The average molecular weight is 921 g/mol. The number of phenols is 2. The zero-order valence-corrected chi connectivity index (χ0v) is 34.3. The molecule has 12 N–H and O–H groups in total. The van der Waals surface area contributed by atoms with E-state index in [9.17, 15) is 70.9 Å². The number of hydrogen-bond donors (Lipinski definition) is 12. The molecule has 15 atom stereocenters. The number of ether oxygens (including phenoxy) is 8. The number of benzene rings is 3. The first-order chi connectivity index (χ1) is 31.0. The highest BCUT2D eigenvalue weighted by molar-refractivity contribution is 5.90. The molecule has 65 heavy (non-hydrogen) atoms. The van der Waals surface area contributed by atoms with Crippen LogP contribution in [-0.2, 0) is 23.7 Å². The summed E-state index contributed by atoms with van der Waals surface area (Å²) in [5, 5.41) is 126. The predicted octanol–water partition coefficient (Wildman–Crippen LogP) is -2.73. The molecular weight excluding hydrogens is 872 g/mol. The minimum atomic E-state index is -2.07. The minimum Gasteiger partial charge on any atom is -0.508 e. The number of esters is 1. The Hall–Kier alpha value is -5.22. The van der Waals surface area contributed by atoms with E-state index in [1.165, 1.54) is 56.7 Å². The number of rotatable bonds is 13. The van der Waals surface area contributed by atoms with E-state index in [-0.39, 0.29) is 50.9 Å². The Morgan fingerprint density at radius 2 is 1.25 bits per heavy atom. The fourth-order valence-electron chi connectivity index (χ4n) is 7.73. The van der Waals surface area contributed by atoms with Crippen molar-refractivity contribution in [2.24, 2.45) is 0 Å². The molecule has 0 radical (unpaired) electrons. The van der Waals surface area contributed by atoms with Crippen molar-refractivity contribution in [2.45, 2.75) is 91.9 Å². The highest BCUT2D eigenvalue weighted by atomic mass is 16.7. The average Bonchev–Trinajstić information content (AvgIpc) is 3.30. The fourth-order valence-corrected chi connectivity index (χ4v) is 7.73. The fraction of sp³-hybridized carbons (Fsp3) is 0.476. The number of hydrogen-bond acceptors (Lipinski definition) is 23. The van der Waals surface area contributed by atoms with Crippen molar-refractivity contribution in [3.8, 4) is 40.1 Å². The minimum absolute atomic E-state index is 0.0395. The van der Waals surface area contributed by atoms with E-state index in [4.69, 9.17) is 42.3 Å². The van der Waals surface area contributed by atoms with Gasteiger partial charge in [-0.1, -0.05) is 0 Å². The summed E-state index contributed by atoms with van der Waals surface area (Å²) in [6.45, 7) is -2.37. The smallest absolute Gasteiger partial charge is 0.338 e. The van der Waals surface area contributed by atoms with Crippen LogP contribution in [0.15, 0.2) is 63.8 Å². The summed E-state index contributed by atoms with van der Waals surface area (Å²) in [6, 6.07) is 11.6. The lowest BCUT2D eigenvalue weighted by molar-refractivity contribution is -0.342. The van der Waals surface area contributed by atoms with Gasteiger partial charge < -0.3 is 104 Å². The van der Waals surface area contributed by atoms with E-state index in [0.717, 1.165) is 12.1 Å². The van der Waals surface area contributed by atoms with E-state index in [2.05, 4.69) is 0 Å². The Labute approximate surface area is 366 Å². The Balaban J connectivity index is 1.11. The summed E-state index contributed by atoms with van der Waals surface area (Å²) >= 11 is 0. The van der Waals surface area contributed by atoms with Crippen molar-refractivity contribution in [1.29, 1.82) is 0 Å². The summed E-state index contributed by atoms with van der Waals surface area (Å²) in [5.41, 5.74) is -1.01. The van der Waals surface area contributed by atoms with Gasteiger partial charge in [0.05, 0.1) is 38.6 Å². The third-order valence-electron chi connectivity index (χ3n) is 11.3. The Kier molecular flexibility index (Phi) is 14.5. The van der Waals surface area contributed by atoms with Crippen LogP contribution in [0.1, 0.15) is 22.0 Å². The first-order valence-electron chi connectivity index (χ1n) is 20.0. The Bertz CT molecular complexity index is 2350. The summed E-state index contributed by atoms with van der Waals surface area (Å²) in [4.78, 5) is 26.8. The summed E-state index contributed by atoms with van der Waals surface area (Å²) in [5.74, 6) is -2.19. The lowest BCUT2D eigenvalue weighted by Crippen LogP contribution is -2.63. The van der Waals surface area contributed by atoms with E-state index < -0.39 is 129 Å². The van der Waals surface area contributed by atoms with E-state index in [1.807, 2.05) is 0 Å². The maximum absolute atomic E-state index is 13.5. The molecule has 0 aliphatic carbocycles. The van der Waals surface area contributed by atoms with Crippen LogP contribution in [0, 0.1) is 0 Å². The largest absolute Gasteiger partial charge is 0.508 e. The number of aromatic hydroxyl groups is 2. The van der Waals surface area contributed by atoms with Crippen LogP contribution < -0.4 is 19.6 Å². The SMILES string of the molecule is COc1cc(C(=O)OC[C@H]2O[C@@H](O[C@@H]3[C@@H](O)[C@H](O)[C@@H](CO)O[C@H]3c3c(OC)cc4oc(-c5ccc(O)cc5)cc(=O)c4c3O)[C@H](O)[C@@H](O)[C@@H]2O)ccc1O[C@@H]1O[C@H](CO)[C@@H](O)[C@H](O)[C@H]1O. The number of aliphatic hydroxyl groups excluding tert-OH is 10. The van der Waals surface area contributed by atoms with Gasteiger partial charge in [0.25, 0.3) is 0 Å². The molecule has 354 valence electrons. The van der Waals surface area contributed by atoms with Gasteiger partial charge in [0, 0.05) is 17.7 Å². The maximum atomic E-state index is 13.5. The van der Waals surface area contributed by atoms with Crippen molar-refractivity contribution in [1.82, 2.24) is 0 Å². The Morgan fingerprint density at radius 3 is 1.89 bits per heavy atom. The third-order valence-corrected chi connectivity index (χ3v) is 11.3. The standard InChI is InChI=1S/C42H48O23/c1-57-21-9-16(5-8-19(21)62-41-36(54)33(51)29(47)25(13-44)63-41)40(56)59-14-26-31(49)34(52)37(55)42(64-26)65-39-35(53)30(48)24(12-43)61-38(39)28-22(58-2)11-23-27(32(28)50)18(46)10-20(60-23)15-3-6-17(45)7-4-15/h3-11,24-26,29-31,33-39,41-45,47-55H,12-14H2,1-2H3/t24-,25-,26-,29-,30-,31-,33+,34+,35+,36-,37-,38+,39-,41-,42+/m1/s1. The number of phenolic OH excluding ortho intramolecular Hbond substituents is 2. The molecular formula is C42H48O23. The summed E-state index contributed by atoms with van der Waals surface area (Å²) in [6.07, 6.45) is -26.6. The maximum Gasteiger partial charge on any atom is 0.338 e. The second-order valence-electron chi connectivity index (χ2n) is 15.4. The molecule has 0 bridgehead atoms. The second-order valence-corrected chi connectivity index (χ2v) is 15.4. The van der Waals surface area contributed by atoms with Gasteiger partial charge in [-0.3, -0.25) is 4.79 Å². The van der Waals surface area contributed by atoms with Gasteiger partial charge in [-0.15, -0.1) is 0 Å². The number of methoxy groups -OCH3 is 2. The van der Waals surface area contributed by atoms with Crippen LogP contribution in [-0.4, -0.2) is 187 Å². The molecule has 3 aliphatic rings. The number of carbonyl (C=O) groups excluding carboxylic acids is 1. The molecule has 4 aromatic rings. The van der Waals surface area contributed by atoms with Crippen molar-refractivity contribution in [3.63, 3.8) is 0 Å². The highest BCUT2D eigenvalue weighted by Gasteiger charge is 2.52.